The molecule has 1 amide bonds. The number of ether oxygens (including phenoxy) is 1. The van der Waals surface area contributed by atoms with E-state index in [0.717, 1.165) is 27.0 Å². The number of fused-ring (bicyclic) bond motifs is 1. The number of nitrogens with one attached hydrogen (secondary N) is 1. The molecule has 0 aliphatic rings. The first-order valence-electron chi connectivity index (χ1n) is 7.63. The predicted octanol–water partition coefficient (Wildman–Crippen LogP) is 3.31. The molecular weight excluding hydrogens is 342 g/mol. The maximum absolute atomic E-state index is 12.3. The zero-order valence-electron chi connectivity index (χ0n) is 14.3. The minimum atomic E-state index is -0.538. The number of nitrogens with zero attached hydrogens (tertiary/aromatic N) is 2. The highest BCUT2D eigenvalue weighted by Crippen LogP contribution is 2.32. The van der Waals surface area contributed by atoms with Crippen LogP contribution in [-0.4, -0.2) is 28.6 Å². The first kappa shape index (κ1) is 17.1. The molecule has 130 valence electrons. The van der Waals surface area contributed by atoms with Gasteiger partial charge in [0.1, 0.15) is 15.5 Å². The van der Waals surface area contributed by atoms with Crippen LogP contribution in [0.5, 0.6) is 0 Å². The van der Waals surface area contributed by atoms with E-state index in [0.29, 0.717) is 10.6 Å². The standard InChI is InChI=1S/C17H17N3O4S/c1-8-5-9(2)18-16-14(8)11(4)15(25-16)17(22)23-7-13(21)19-12-6-10(3)24-20-12/h5-6H,7H2,1-4H3,(H,19,20,21). The quantitative estimate of drug-likeness (QED) is 0.718. The van der Waals surface area contributed by atoms with E-state index in [9.17, 15) is 9.59 Å². The lowest BCUT2D eigenvalue weighted by Gasteiger charge is -2.04. The van der Waals surface area contributed by atoms with Crippen LogP contribution in [0.2, 0.25) is 0 Å². The molecule has 0 aromatic carbocycles. The van der Waals surface area contributed by atoms with E-state index in [-0.39, 0.29) is 5.82 Å². The molecule has 3 aromatic rings. The Morgan fingerprint density at radius 2 is 2.00 bits per heavy atom. The number of carbonyl (C=O) groups excluding carboxylic acids is 2. The number of anilines is 1. The van der Waals surface area contributed by atoms with Gasteiger partial charge in [0.2, 0.25) is 0 Å². The third-order valence-electron chi connectivity index (χ3n) is 3.64. The predicted molar refractivity (Wildman–Crippen MR) is 94.0 cm³/mol. The molecule has 0 atom stereocenters. The van der Waals surface area contributed by atoms with Crippen LogP contribution in [0.25, 0.3) is 10.2 Å². The van der Waals surface area contributed by atoms with Crippen molar-refractivity contribution in [3.63, 3.8) is 0 Å². The average molecular weight is 359 g/mol. The molecule has 0 saturated heterocycles. The van der Waals surface area contributed by atoms with Crippen LogP contribution in [0.3, 0.4) is 0 Å². The Kier molecular flexibility index (Phi) is 4.54. The van der Waals surface area contributed by atoms with Crippen LogP contribution in [0.15, 0.2) is 16.7 Å². The third kappa shape index (κ3) is 3.53. The molecule has 0 saturated carbocycles. The van der Waals surface area contributed by atoms with Gasteiger partial charge in [0, 0.05) is 17.1 Å². The Morgan fingerprint density at radius 3 is 2.68 bits per heavy atom. The lowest BCUT2D eigenvalue weighted by molar-refractivity contribution is -0.119. The lowest BCUT2D eigenvalue weighted by atomic mass is 10.1. The number of aryl methyl sites for hydroxylation is 4. The number of pyridine rings is 1. The second-order valence-electron chi connectivity index (χ2n) is 5.76. The number of aromatic nitrogens is 2. The van der Waals surface area contributed by atoms with E-state index in [4.69, 9.17) is 9.26 Å². The van der Waals surface area contributed by atoms with Crippen LogP contribution in [0, 0.1) is 27.7 Å². The summed E-state index contributed by atoms with van der Waals surface area (Å²) in [7, 11) is 0. The molecule has 0 aliphatic heterocycles. The SMILES string of the molecule is Cc1cc(C)c2c(C)c(C(=O)OCC(=O)Nc3cc(C)on3)sc2n1. The first-order valence-corrected chi connectivity index (χ1v) is 8.44. The van der Waals surface area contributed by atoms with Gasteiger partial charge in [-0.2, -0.15) is 0 Å². The van der Waals surface area contributed by atoms with Crippen molar-refractivity contribution in [3.05, 3.63) is 39.6 Å². The van der Waals surface area contributed by atoms with Gasteiger partial charge in [-0.25, -0.2) is 9.78 Å². The van der Waals surface area contributed by atoms with E-state index in [1.807, 2.05) is 26.8 Å². The summed E-state index contributed by atoms with van der Waals surface area (Å²) in [6, 6.07) is 3.55. The summed E-state index contributed by atoms with van der Waals surface area (Å²) in [4.78, 5) is 29.9. The first-order chi connectivity index (χ1) is 11.8. The largest absolute Gasteiger partial charge is 0.451 e. The van der Waals surface area contributed by atoms with Gasteiger partial charge in [0.05, 0.1) is 0 Å². The Bertz CT molecular complexity index is 974. The molecule has 0 radical (unpaired) electrons. The molecule has 25 heavy (non-hydrogen) atoms. The van der Waals surface area contributed by atoms with E-state index in [1.54, 1.807) is 13.0 Å². The van der Waals surface area contributed by atoms with Gasteiger partial charge in [-0.15, -0.1) is 11.3 Å². The third-order valence-corrected chi connectivity index (χ3v) is 4.81. The van der Waals surface area contributed by atoms with Crippen molar-refractivity contribution in [1.82, 2.24) is 10.1 Å². The summed E-state index contributed by atoms with van der Waals surface area (Å²) in [5.74, 6) is -0.159. The number of rotatable bonds is 4. The molecule has 0 fully saturated rings. The van der Waals surface area contributed by atoms with Crippen molar-refractivity contribution < 1.29 is 18.8 Å². The molecular formula is C17H17N3O4S. The van der Waals surface area contributed by atoms with Crippen LogP contribution in [0.1, 0.15) is 32.3 Å². The Balaban J connectivity index is 1.71. The molecule has 7 nitrogen and oxygen atoms in total. The van der Waals surface area contributed by atoms with E-state index < -0.39 is 18.5 Å². The Hall–Kier alpha value is -2.74. The lowest BCUT2D eigenvalue weighted by Crippen LogP contribution is -2.21. The molecule has 3 aromatic heterocycles. The maximum atomic E-state index is 12.3. The van der Waals surface area contributed by atoms with Crippen molar-refractivity contribution in [1.29, 1.82) is 0 Å². The second kappa shape index (κ2) is 6.64. The van der Waals surface area contributed by atoms with Crippen LogP contribution < -0.4 is 5.32 Å². The monoisotopic (exact) mass is 359 g/mol. The summed E-state index contributed by atoms with van der Waals surface area (Å²) in [5.41, 5.74) is 2.78. The van der Waals surface area contributed by atoms with E-state index in [1.165, 1.54) is 11.3 Å². The summed E-state index contributed by atoms with van der Waals surface area (Å²) in [6.45, 7) is 7.07. The van der Waals surface area contributed by atoms with Gasteiger partial charge >= 0.3 is 5.97 Å². The fourth-order valence-electron chi connectivity index (χ4n) is 2.61. The molecule has 0 unspecified atom stereocenters. The number of thiophene rings is 1. The number of hydrogen-bond acceptors (Lipinski definition) is 7. The van der Waals surface area contributed by atoms with Crippen LogP contribution >= 0.6 is 11.3 Å². The number of carbonyl (C=O) groups is 2. The Morgan fingerprint density at radius 1 is 1.24 bits per heavy atom. The van der Waals surface area contributed by atoms with Crippen molar-refractivity contribution >= 4 is 39.2 Å². The van der Waals surface area contributed by atoms with Crippen molar-refractivity contribution in [2.75, 3.05) is 11.9 Å². The Labute approximate surface area is 148 Å². The van der Waals surface area contributed by atoms with E-state index in [2.05, 4.69) is 15.5 Å². The zero-order chi connectivity index (χ0) is 18.1. The normalized spacial score (nSPS) is 10.9. The van der Waals surface area contributed by atoms with Crippen molar-refractivity contribution in [2.45, 2.75) is 27.7 Å². The molecule has 8 heteroatoms. The minimum absolute atomic E-state index is 0.284. The van der Waals surface area contributed by atoms with Gasteiger partial charge in [0.15, 0.2) is 12.4 Å². The highest BCUT2D eigenvalue weighted by atomic mass is 32.1. The average Bonchev–Trinajstić information content (AvgIpc) is 3.08. The van der Waals surface area contributed by atoms with Gasteiger partial charge in [0.25, 0.3) is 5.91 Å². The summed E-state index contributed by atoms with van der Waals surface area (Å²) < 4.78 is 9.98. The molecule has 3 rings (SSSR count). The fraction of sp³-hybridized carbons (Fsp3) is 0.294. The number of amides is 1. The van der Waals surface area contributed by atoms with Crippen molar-refractivity contribution in [2.24, 2.45) is 0 Å². The van der Waals surface area contributed by atoms with Gasteiger partial charge < -0.3 is 14.6 Å². The van der Waals surface area contributed by atoms with Crippen LogP contribution in [0.4, 0.5) is 5.82 Å². The highest BCUT2D eigenvalue weighted by Gasteiger charge is 2.20. The molecule has 0 aliphatic carbocycles. The zero-order valence-corrected chi connectivity index (χ0v) is 15.1. The van der Waals surface area contributed by atoms with Gasteiger partial charge in [-0.3, -0.25) is 4.79 Å². The smallest absolute Gasteiger partial charge is 0.349 e. The minimum Gasteiger partial charge on any atom is -0.451 e. The second-order valence-corrected chi connectivity index (χ2v) is 6.76. The maximum Gasteiger partial charge on any atom is 0.349 e. The molecule has 3 heterocycles. The van der Waals surface area contributed by atoms with Crippen molar-refractivity contribution in [3.8, 4) is 0 Å². The number of esters is 1. The van der Waals surface area contributed by atoms with Gasteiger partial charge in [-0.1, -0.05) is 5.16 Å². The summed E-state index contributed by atoms with van der Waals surface area (Å²) in [6.07, 6.45) is 0. The molecule has 0 spiro atoms. The highest BCUT2D eigenvalue weighted by molar-refractivity contribution is 7.20. The van der Waals surface area contributed by atoms with Gasteiger partial charge in [-0.05, 0) is 44.9 Å². The number of hydrogen-bond donors (Lipinski definition) is 1. The van der Waals surface area contributed by atoms with Crippen LogP contribution in [-0.2, 0) is 9.53 Å². The molecule has 0 bridgehead atoms. The van der Waals surface area contributed by atoms with E-state index >= 15 is 0 Å². The fourth-order valence-corrected chi connectivity index (χ4v) is 3.81. The summed E-state index contributed by atoms with van der Waals surface area (Å²) in [5, 5.41) is 7.11. The summed E-state index contributed by atoms with van der Waals surface area (Å²) >= 11 is 1.27. The topological polar surface area (TPSA) is 94.3 Å². The molecule has 1 N–H and O–H groups in total.